The number of halogens is 2. The molecule has 0 unspecified atom stereocenters. The van der Waals surface area contributed by atoms with E-state index >= 15 is 0 Å². The first kappa shape index (κ1) is 9.43. The van der Waals surface area contributed by atoms with Gasteiger partial charge in [-0.15, -0.1) is 11.6 Å². The summed E-state index contributed by atoms with van der Waals surface area (Å²) >= 11 is 11.4. The molecule has 0 atom stereocenters. The Kier molecular flexibility index (Phi) is 2.65. The molecule has 0 saturated carbocycles. The van der Waals surface area contributed by atoms with E-state index in [4.69, 9.17) is 23.2 Å². The third-order valence-electron chi connectivity index (χ3n) is 1.59. The number of hydrogen-bond acceptors (Lipinski definition) is 3. The summed E-state index contributed by atoms with van der Waals surface area (Å²) in [5.41, 5.74) is 0.704. The van der Waals surface area contributed by atoms with Crippen LogP contribution >= 0.6 is 23.2 Å². The van der Waals surface area contributed by atoms with Crippen LogP contribution in [0.15, 0.2) is 24.8 Å². The van der Waals surface area contributed by atoms with Crippen LogP contribution in [0.3, 0.4) is 0 Å². The van der Waals surface area contributed by atoms with Gasteiger partial charge in [0, 0.05) is 6.20 Å². The summed E-state index contributed by atoms with van der Waals surface area (Å²) in [5.74, 6) is 0.936. The maximum Gasteiger partial charge on any atom is 0.172 e. The van der Waals surface area contributed by atoms with Crippen molar-refractivity contribution in [3.63, 3.8) is 0 Å². The van der Waals surface area contributed by atoms with Gasteiger partial charge in [-0.3, -0.25) is 4.98 Å². The summed E-state index contributed by atoms with van der Waals surface area (Å²) < 4.78 is 1.55. The van der Waals surface area contributed by atoms with Crippen molar-refractivity contribution in [2.24, 2.45) is 0 Å². The van der Waals surface area contributed by atoms with Crippen molar-refractivity contribution >= 4 is 23.2 Å². The summed E-state index contributed by atoms with van der Waals surface area (Å²) in [6.07, 6.45) is 6.40. The lowest BCUT2D eigenvalue weighted by atomic mass is 10.5. The molecule has 0 spiro atoms. The molecule has 0 aliphatic heterocycles. The minimum atomic E-state index is 0.329. The van der Waals surface area contributed by atoms with Crippen molar-refractivity contribution < 1.29 is 0 Å². The molecule has 2 aromatic rings. The van der Waals surface area contributed by atoms with Crippen molar-refractivity contribution in [2.75, 3.05) is 0 Å². The average Bonchev–Trinajstić information content (AvgIpc) is 2.65. The fourth-order valence-corrected chi connectivity index (χ4v) is 1.26. The number of alkyl halides is 1. The highest BCUT2D eigenvalue weighted by Crippen LogP contribution is 2.09. The largest absolute Gasteiger partial charge is 0.259 e. The molecule has 0 radical (unpaired) electrons. The summed E-state index contributed by atoms with van der Waals surface area (Å²) in [4.78, 5) is 8.21. The lowest BCUT2D eigenvalue weighted by Crippen LogP contribution is -2.00. The lowest BCUT2D eigenvalue weighted by molar-refractivity contribution is 0.828. The zero-order valence-electron chi connectivity index (χ0n) is 7.06. The topological polar surface area (TPSA) is 43.6 Å². The smallest absolute Gasteiger partial charge is 0.172 e. The van der Waals surface area contributed by atoms with E-state index in [0.717, 1.165) is 0 Å². The molecule has 2 heterocycles. The van der Waals surface area contributed by atoms with Crippen molar-refractivity contribution in [1.82, 2.24) is 19.7 Å². The summed E-state index contributed by atoms with van der Waals surface area (Å²) in [6.45, 7) is 0. The summed E-state index contributed by atoms with van der Waals surface area (Å²) in [7, 11) is 0. The Morgan fingerprint density at radius 1 is 1.29 bits per heavy atom. The Morgan fingerprint density at radius 2 is 2.14 bits per heavy atom. The minimum Gasteiger partial charge on any atom is -0.259 e. The number of hydrogen-bond donors (Lipinski definition) is 0. The number of rotatable bonds is 2. The first-order valence-corrected chi connectivity index (χ1v) is 4.78. The fraction of sp³-hybridized carbons (Fsp3) is 0.125. The van der Waals surface area contributed by atoms with E-state index in [9.17, 15) is 0 Å². The van der Waals surface area contributed by atoms with Crippen molar-refractivity contribution in [3.05, 3.63) is 35.5 Å². The van der Waals surface area contributed by atoms with Crippen LogP contribution in [0.5, 0.6) is 0 Å². The van der Waals surface area contributed by atoms with Gasteiger partial charge in [0.2, 0.25) is 0 Å². The molecule has 6 heteroatoms. The van der Waals surface area contributed by atoms with Crippen LogP contribution in [0.4, 0.5) is 0 Å². The van der Waals surface area contributed by atoms with Crippen LogP contribution in [-0.4, -0.2) is 19.7 Å². The molecular weight excluding hydrogens is 223 g/mol. The van der Waals surface area contributed by atoms with Crippen LogP contribution in [0.2, 0.25) is 5.02 Å². The molecule has 0 aliphatic carbocycles. The number of aromatic nitrogens is 4. The average molecular weight is 229 g/mol. The third kappa shape index (κ3) is 1.86. The second-order valence-corrected chi connectivity index (χ2v) is 3.31. The van der Waals surface area contributed by atoms with Crippen LogP contribution in [0.25, 0.3) is 5.82 Å². The predicted octanol–water partition coefficient (Wildman–Crippen LogP) is 2.05. The molecule has 0 saturated heterocycles. The van der Waals surface area contributed by atoms with Gasteiger partial charge >= 0.3 is 0 Å². The predicted molar refractivity (Wildman–Crippen MR) is 53.7 cm³/mol. The van der Waals surface area contributed by atoms with Crippen molar-refractivity contribution in [2.45, 2.75) is 5.88 Å². The summed E-state index contributed by atoms with van der Waals surface area (Å²) in [5, 5.41) is 4.56. The van der Waals surface area contributed by atoms with Gasteiger partial charge in [-0.05, 0) is 0 Å². The van der Waals surface area contributed by atoms with Gasteiger partial charge in [-0.25, -0.2) is 9.67 Å². The van der Waals surface area contributed by atoms with Gasteiger partial charge < -0.3 is 0 Å². The second-order valence-electron chi connectivity index (χ2n) is 2.61. The minimum absolute atomic E-state index is 0.329. The van der Waals surface area contributed by atoms with Crippen molar-refractivity contribution in [3.8, 4) is 5.82 Å². The monoisotopic (exact) mass is 228 g/mol. The Hall–Kier alpha value is -1.13. The van der Waals surface area contributed by atoms with E-state index < -0.39 is 0 Å². The molecule has 4 nitrogen and oxygen atoms in total. The highest BCUT2D eigenvalue weighted by Gasteiger charge is 2.01. The molecule has 0 N–H and O–H groups in total. The molecule has 0 amide bonds. The Balaban J connectivity index is 2.41. The molecule has 2 aromatic heterocycles. The van der Waals surface area contributed by atoms with E-state index in [0.29, 0.717) is 22.4 Å². The molecule has 0 aliphatic rings. The molecule has 0 bridgehead atoms. The van der Waals surface area contributed by atoms with E-state index in [1.807, 2.05) is 0 Å². The number of nitrogens with zero attached hydrogens (tertiary/aromatic N) is 4. The van der Waals surface area contributed by atoms with Gasteiger partial charge in [0.15, 0.2) is 5.82 Å². The van der Waals surface area contributed by atoms with E-state index in [1.165, 1.54) is 6.20 Å². The highest BCUT2D eigenvalue weighted by molar-refractivity contribution is 6.30. The van der Waals surface area contributed by atoms with Crippen LogP contribution in [0.1, 0.15) is 5.69 Å². The Labute approximate surface area is 90.5 Å². The normalized spacial score (nSPS) is 10.4. The maximum atomic E-state index is 5.73. The van der Waals surface area contributed by atoms with Crippen LogP contribution in [-0.2, 0) is 5.88 Å². The molecule has 72 valence electrons. The molecule has 0 aromatic carbocycles. The summed E-state index contributed by atoms with van der Waals surface area (Å²) in [6, 6.07) is 0. The Morgan fingerprint density at radius 3 is 2.79 bits per heavy atom. The first-order chi connectivity index (χ1) is 6.79. The molecular formula is C8H6Cl2N4. The lowest BCUT2D eigenvalue weighted by Gasteiger charge is -2.00. The van der Waals surface area contributed by atoms with Gasteiger partial charge in [0.25, 0.3) is 0 Å². The van der Waals surface area contributed by atoms with Gasteiger partial charge in [-0.1, -0.05) is 11.6 Å². The van der Waals surface area contributed by atoms with E-state index in [2.05, 4.69) is 15.1 Å². The van der Waals surface area contributed by atoms with Gasteiger partial charge in [-0.2, -0.15) is 5.10 Å². The third-order valence-corrected chi connectivity index (χ3v) is 2.06. The fourth-order valence-electron chi connectivity index (χ4n) is 0.996. The highest BCUT2D eigenvalue weighted by atomic mass is 35.5. The first-order valence-electron chi connectivity index (χ1n) is 3.87. The quantitative estimate of drug-likeness (QED) is 0.740. The van der Waals surface area contributed by atoms with Gasteiger partial charge in [0.05, 0.1) is 35.2 Å². The zero-order chi connectivity index (χ0) is 9.97. The van der Waals surface area contributed by atoms with E-state index in [-0.39, 0.29) is 0 Å². The standard InChI is InChI=1S/C8H6Cl2N4/c9-1-7-3-11-4-8(13-7)14-5-6(10)2-12-14/h2-5H,1H2. The zero-order valence-corrected chi connectivity index (χ0v) is 8.57. The second kappa shape index (κ2) is 3.94. The van der Waals surface area contributed by atoms with Gasteiger partial charge in [0.1, 0.15) is 0 Å². The Bertz CT molecular complexity index is 440. The molecule has 14 heavy (non-hydrogen) atoms. The molecule has 0 fully saturated rings. The van der Waals surface area contributed by atoms with Crippen LogP contribution < -0.4 is 0 Å². The van der Waals surface area contributed by atoms with E-state index in [1.54, 1.807) is 23.3 Å². The maximum absolute atomic E-state index is 5.73. The SMILES string of the molecule is ClCc1cncc(-n2cc(Cl)cn2)n1. The van der Waals surface area contributed by atoms with Crippen molar-refractivity contribution in [1.29, 1.82) is 0 Å². The molecule has 2 rings (SSSR count). The van der Waals surface area contributed by atoms with Crippen LogP contribution in [0, 0.1) is 0 Å².